The zero-order valence-electron chi connectivity index (χ0n) is 14.6. The molecule has 0 fully saturated rings. The fourth-order valence-corrected chi connectivity index (χ4v) is 2.59. The molecule has 0 heterocycles. The smallest absolute Gasteiger partial charge is 0.0239 e. The average molecular weight is 353 g/mol. The van der Waals surface area contributed by atoms with Crippen LogP contribution in [0.4, 0.5) is 0 Å². The number of nitrogens with two attached hydrogens (primary N) is 1. The van der Waals surface area contributed by atoms with E-state index < -0.39 is 0 Å². The quantitative estimate of drug-likeness (QED) is 0.464. The summed E-state index contributed by atoms with van der Waals surface area (Å²) in [6, 6.07) is 18.3. The summed E-state index contributed by atoms with van der Waals surface area (Å²) in [4.78, 5) is 0. The van der Waals surface area contributed by atoms with Gasteiger partial charge in [-0.2, -0.15) is 18.7 Å². The van der Waals surface area contributed by atoms with Gasteiger partial charge in [0.1, 0.15) is 0 Å². The molecule has 0 radical (unpaired) electrons. The Morgan fingerprint density at radius 3 is 1.70 bits per heavy atom. The summed E-state index contributed by atoms with van der Waals surface area (Å²) >= 11 is 0. The van der Waals surface area contributed by atoms with Crippen LogP contribution < -0.4 is 5.73 Å². The first-order valence-electron chi connectivity index (χ1n) is 8.51. The van der Waals surface area contributed by atoms with Crippen LogP contribution in [-0.4, -0.2) is 5.54 Å². The monoisotopic (exact) mass is 353 g/mol. The molecule has 0 aliphatic heterocycles. The van der Waals surface area contributed by atoms with Crippen LogP contribution in [-0.2, 0) is 17.1 Å². The summed E-state index contributed by atoms with van der Waals surface area (Å²) < 4.78 is 0. The minimum Gasteiger partial charge on any atom is -0.748 e. The minimum atomic E-state index is -0.208. The third kappa shape index (κ3) is 7.83. The number of hydrogen-bond acceptors (Lipinski definition) is 1. The molecule has 0 amide bonds. The summed E-state index contributed by atoms with van der Waals surface area (Å²) in [5.74, 6) is 0. The van der Waals surface area contributed by atoms with E-state index in [-0.39, 0.29) is 22.6 Å². The first kappa shape index (κ1) is 21.9. The predicted molar refractivity (Wildman–Crippen MR) is 99.1 cm³/mol. The van der Waals surface area contributed by atoms with Gasteiger partial charge in [-0.15, -0.1) is 23.3 Å². The molecular formula is C21H31FeN-6. The maximum atomic E-state index is 6.61. The van der Waals surface area contributed by atoms with E-state index in [1.807, 2.05) is 30.3 Å². The number of unbranched alkanes of at least 4 members (excludes halogenated alkanes) is 2. The van der Waals surface area contributed by atoms with Gasteiger partial charge in [0.25, 0.3) is 0 Å². The fourth-order valence-electron chi connectivity index (χ4n) is 2.59. The SMILES string of the molecule is C=C([c-]1cccc1)C(N)(CCCC)CCCC.[Fe].[cH-]1[cH-][cH-][cH-][cH-]1. The molecule has 0 aromatic heterocycles. The Kier molecular flexibility index (Phi) is 11.8. The molecule has 0 atom stereocenters. The Hall–Kier alpha value is -1.08. The van der Waals surface area contributed by atoms with Crippen molar-refractivity contribution in [2.24, 2.45) is 5.73 Å². The van der Waals surface area contributed by atoms with E-state index in [2.05, 4.69) is 44.7 Å². The van der Waals surface area contributed by atoms with Crippen LogP contribution in [0.5, 0.6) is 0 Å². The Morgan fingerprint density at radius 2 is 1.35 bits per heavy atom. The van der Waals surface area contributed by atoms with Crippen LogP contribution in [0, 0.1) is 0 Å². The van der Waals surface area contributed by atoms with Gasteiger partial charge >= 0.3 is 0 Å². The van der Waals surface area contributed by atoms with Crippen molar-refractivity contribution in [2.45, 2.75) is 57.9 Å². The van der Waals surface area contributed by atoms with Crippen LogP contribution in [0.15, 0.2) is 61.2 Å². The van der Waals surface area contributed by atoms with E-state index in [0.29, 0.717) is 0 Å². The van der Waals surface area contributed by atoms with Crippen molar-refractivity contribution in [3.05, 3.63) is 66.7 Å². The van der Waals surface area contributed by atoms with Gasteiger partial charge in [-0.1, -0.05) is 39.5 Å². The molecule has 2 N–H and O–H groups in total. The molecule has 0 spiro atoms. The van der Waals surface area contributed by atoms with Crippen LogP contribution in [0.25, 0.3) is 5.57 Å². The molecule has 2 aromatic rings. The van der Waals surface area contributed by atoms with E-state index in [0.717, 1.165) is 18.4 Å². The van der Waals surface area contributed by atoms with Crippen molar-refractivity contribution in [1.82, 2.24) is 0 Å². The molecule has 0 unspecified atom stereocenters. The topological polar surface area (TPSA) is 26.0 Å². The van der Waals surface area contributed by atoms with E-state index in [4.69, 9.17) is 5.73 Å². The second-order valence-electron chi connectivity index (χ2n) is 5.98. The van der Waals surface area contributed by atoms with Gasteiger partial charge in [0.05, 0.1) is 0 Å². The molecular weight excluding hydrogens is 322 g/mol. The van der Waals surface area contributed by atoms with Crippen molar-refractivity contribution in [3.63, 3.8) is 0 Å². The largest absolute Gasteiger partial charge is 0.748 e. The van der Waals surface area contributed by atoms with Crippen molar-refractivity contribution < 1.29 is 17.1 Å². The van der Waals surface area contributed by atoms with Crippen LogP contribution in [0.3, 0.4) is 0 Å². The molecule has 1 nitrogen and oxygen atoms in total. The maximum Gasteiger partial charge on any atom is 0.0239 e. The molecule has 0 aliphatic carbocycles. The fraction of sp³-hybridized carbons (Fsp3) is 0.429. The van der Waals surface area contributed by atoms with Crippen molar-refractivity contribution in [3.8, 4) is 0 Å². The zero-order valence-corrected chi connectivity index (χ0v) is 15.7. The van der Waals surface area contributed by atoms with Gasteiger partial charge in [0, 0.05) is 22.6 Å². The first-order chi connectivity index (χ1) is 10.6. The normalized spacial score (nSPS) is 10.4. The molecule has 0 aliphatic rings. The molecule has 0 saturated carbocycles. The Morgan fingerprint density at radius 1 is 0.957 bits per heavy atom. The summed E-state index contributed by atoms with van der Waals surface area (Å²) in [7, 11) is 0. The molecule has 2 rings (SSSR count). The van der Waals surface area contributed by atoms with Gasteiger partial charge in [-0.05, 0) is 12.8 Å². The predicted octanol–water partition coefficient (Wildman–Crippen LogP) is 5.90. The molecule has 23 heavy (non-hydrogen) atoms. The van der Waals surface area contributed by atoms with Gasteiger partial charge in [0.2, 0.25) is 0 Å². The second-order valence-corrected chi connectivity index (χ2v) is 5.98. The summed E-state index contributed by atoms with van der Waals surface area (Å²) in [5, 5.41) is 0. The van der Waals surface area contributed by atoms with Crippen molar-refractivity contribution >= 4 is 5.57 Å². The van der Waals surface area contributed by atoms with Gasteiger partial charge in [-0.3, -0.25) is 0 Å². The van der Waals surface area contributed by atoms with E-state index in [1.54, 1.807) is 0 Å². The molecule has 134 valence electrons. The first-order valence-corrected chi connectivity index (χ1v) is 8.51. The van der Waals surface area contributed by atoms with Gasteiger partial charge in [-0.25, -0.2) is 0 Å². The second kappa shape index (κ2) is 12.4. The molecule has 0 saturated heterocycles. The van der Waals surface area contributed by atoms with E-state index in [9.17, 15) is 0 Å². The van der Waals surface area contributed by atoms with Crippen LogP contribution in [0.2, 0.25) is 0 Å². The van der Waals surface area contributed by atoms with E-state index >= 15 is 0 Å². The minimum absolute atomic E-state index is 0. The van der Waals surface area contributed by atoms with Gasteiger partial charge < -0.3 is 36.1 Å². The number of rotatable bonds is 8. The third-order valence-corrected chi connectivity index (χ3v) is 4.12. The molecule has 0 bridgehead atoms. The Bertz CT molecular complexity index is 457. The Labute approximate surface area is 153 Å². The van der Waals surface area contributed by atoms with Crippen molar-refractivity contribution in [1.29, 1.82) is 0 Å². The average Bonchev–Trinajstić information content (AvgIpc) is 3.25. The molecule has 2 heteroatoms. The Balaban J connectivity index is 0.000000684. The summed E-state index contributed by atoms with van der Waals surface area (Å²) in [6.07, 6.45) is 6.85. The zero-order chi connectivity index (χ0) is 16.3. The third-order valence-electron chi connectivity index (χ3n) is 4.12. The van der Waals surface area contributed by atoms with Crippen molar-refractivity contribution in [2.75, 3.05) is 0 Å². The summed E-state index contributed by atoms with van der Waals surface area (Å²) in [5.41, 5.74) is 8.72. The number of hydrogen-bond donors (Lipinski definition) is 1. The maximum absolute atomic E-state index is 6.61. The standard InChI is InChI=1S/C16H26N.C5H5.Fe/c1-4-6-12-16(17,13-7-5-2)14(3)15-10-8-9-11-15;1-2-4-5-3-1;/h8-11H,3-7,12-13,17H2,1-2H3;1-5H;/q-1;-5;. The van der Waals surface area contributed by atoms with E-state index in [1.165, 1.54) is 31.2 Å². The van der Waals surface area contributed by atoms with Crippen LogP contribution in [0.1, 0.15) is 57.9 Å². The summed E-state index contributed by atoms with van der Waals surface area (Å²) in [6.45, 7) is 8.68. The van der Waals surface area contributed by atoms with Gasteiger partial charge in [0.15, 0.2) is 0 Å². The van der Waals surface area contributed by atoms with Crippen LogP contribution >= 0.6 is 0 Å². The molecule has 2 aromatic carbocycles.